The number of furan rings is 1. The quantitative estimate of drug-likeness (QED) is 0.863. The Morgan fingerprint density at radius 3 is 2.53 bits per heavy atom. The molecular weight excluding hydrogens is 210 g/mol. The predicted octanol–water partition coefficient (Wildman–Crippen LogP) is 3.75. The monoisotopic (exact) mass is 229 g/mol. The van der Waals surface area contributed by atoms with Crippen LogP contribution >= 0.6 is 0 Å². The summed E-state index contributed by atoms with van der Waals surface area (Å²) in [6.45, 7) is 7.06. The number of hydrogen-bond acceptors (Lipinski definition) is 2. The molecular formula is C15H19NO. The van der Waals surface area contributed by atoms with Gasteiger partial charge in [-0.1, -0.05) is 24.3 Å². The summed E-state index contributed by atoms with van der Waals surface area (Å²) in [4.78, 5) is 0. The lowest BCUT2D eigenvalue weighted by atomic mass is 10.0. The summed E-state index contributed by atoms with van der Waals surface area (Å²) in [5.74, 6) is 1.95. The molecule has 1 aromatic heterocycles. The van der Waals surface area contributed by atoms with E-state index >= 15 is 0 Å². The topological polar surface area (TPSA) is 25.2 Å². The van der Waals surface area contributed by atoms with Gasteiger partial charge in [0.1, 0.15) is 11.5 Å². The zero-order valence-electron chi connectivity index (χ0n) is 10.7. The Morgan fingerprint density at radius 1 is 1.12 bits per heavy atom. The molecule has 1 aromatic carbocycles. The minimum Gasteiger partial charge on any atom is -0.465 e. The summed E-state index contributed by atoms with van der Waals surface area (Å²) in [5.41, 5.74) is 2.67. The van der Waals surface area contributed by atoms with Crippen molar-refractivity contribution in [3.8, 4) is 0 Å². The molecule has 0 aliphatic heterocycles. The van der Waals surface area contributed by atoms with Crippen molar-refractivity contribution in [1.82, 2.24) is 5.32 Å². The molecule has 0 bridgehead atoms. The summed E-state index contributed by atoms with van der Waals surface area (Å²) in [5, 5.41) is 3.48. The second-order valence-electron chi connectivity index (χ2n) is 4.47. The maximum atomic E-state index is 5.54. The van der Waals surface area contributed by atoms with Crippen LogP contribution in [0.1, 0.15) is 35.6 Å². The van der Waals surface area contributed by atoms with E-state index in [-0.39, 0.29) is 0 Å². The summed E-state index contributed by atoms with van der Waals surface area (Å²) < 4.78 is 5.54. The van der Waals surface area contributed by atoms with Crippen molar-refractivity contribution >= 4 is 0 Å². The van der Waals surface area contributed by atoms with E-state index in [1.807, 2.05) is 19.1 Å². The Labute approximate surface area is 103 Å². The van der Waals surface area contributed by atoms with Crippen molar-refractivity contribution in [3.05, 3.63) is 59.0 Å². The lowest BCUT2D eigenvalue weighted by Crippen LogP contribution is -2.18. The first-order chi connectivity index (χ1) is 8.16. The Balaban J connectivity index is 1.98. The first-order valence-electron chi connectivity index (χ1n) is 6.01. The lowest BCUT2D eigenvalue weighted by Gasteiger charge is -2.15. The van der Waals surface area contributed by atoms with Crippen LogP contribution in [0.2, 0.25) is 0 Å². The van der Waals surface area contributed by atoms with Gasteiger partial charge in [0.15, 0.2) is 0 Å². The summed E-state index contributed by atoms with van der Waals surface area (Å²) in [6.07, 6.45) is 0. The van der Waals surface area contributed by atoms with Crippen LogP contribution in [0.25, 0.3) is 0 Å². The highest BCUT2D eigenvalue weighted by atomic mass is 16.3. The molecule has 17 heavy (non-hydrogen) atoms. The van der Waals surface area contributed by atoms with Crippen molar-refractivity contribution in [3.63, 3.8) is 0 Å². The average molecular weight is 229 g/mol. The van der Waals surface area contributed by atoms with Gasteiger partial charge in [0.05, 0.1) is 6.54 Å². The third-order valence-electron chi connectivity index (χ3n) is 3.03. The Kier molecular flexibility index (Phi) is 3.64. The molecule has 2 heteroatoms. The lowest BCUT2D eigenvalue weighted by molar-refractivity contribution is 0.444. The van der Waals surface area contributed by atoms with E-state index in [2.05, 4.69) is 43.4 Å². The van der Waals surface area contributed by atoms with E-state index < -0.39 is 0 Å². The standard InChI is InChI=1S/C15H19NO/c1-11-6-4-5-7-15(11)13(3)16-10-14-9-8-12(2)17-14/h4-9,13,16H,10H2,1-3H3/t13-/m0/s1. The molecule has 1 N–H and O–H groups in total. The van der Waals surface area contributed by atoms with Crippen molar-refractivity contribution in [2.45, 2.75) is 33.4 Å². The fourth-order valence-corrected chi connectivity index (χ4v) is 2.02. The van der Waals surface area contributed by atoms with Gasteiger partial charge in [-0.25, -0.2) is 0 Å². The van der Waals surface area contributed by atoms with Gasteiger partial charge in [0, 0.05) is 6.04 Å². The average Bonchev–Trinajstić information content (AvgIpc) is 2.73. The van der Waals surface area contributed by atoms with Crippen LogP contribution in [0, 0.1) is 13.8 Å². The number of rotatable bonds is 4. The SMILES string of the molecule is Cc1ccc(CN[C@@H](C)c2ccccc2C)o1. The second-order valence-corrected chi connectivity index (χ2v) is 4.47. The van der Waals surface area contributed by atoms with Crippen molar-refractivity contribution < 1.29 is 4.42 Å². The molecule has 0 unspecified atom stereocenters. The molecule has 0 spiro atoms. The Morgan fingerprint density at radius 2 is 1.88 bits per heavy atom. The number of benzene rings is 1. The van der Waals surface area contributed by atoms with Gasteiger partial charge in [-0.15, -0.1) is 0 Å². The smallest absolute Gasteiger partial charge is 0.117 e. The van der Waals surface area contributed by atoms with Gasteiger partial charge in [-0.05, 0) is 44.0 Å². The van der Waals surface area contributed by atoms with E-state index in [9.17, 15) is 0 Å². The fraction of sp³-hybridized carbons (Fsp3) is 0.333. The Bertz CT molecular complexity index is 487. The van der Waals surface area contributed by atoms with Crippen LogP contribution in [0.5, 0.6) is 0 Å². The van der Waals surface area contributed by atoms with Crippen LogP contribution in [0.4, 0.5) is 0 Å². The zero-order chi connectivity index (χ0) is 12.3. The fourth-order valence-electron chi connectivity index (χ4n) is 2.02. The molecule has 1 atom stereocenters. The van der Waals surface area contributed by atoms with Gasteiger partial charge < -0.3 is 9.73 Å². The number of nitrogens with one attached hydrogen (secondary N) is 1. The van der Waals surface area contributed by atoms with Crippen LogP contribution in [0.15, 0.2) is 40.8 Å². The number of aryl methyl sites for hydroxylation is 2. The molecule has 0 amide bonds. The molecule has 0 saturated heterocycles. The molecule has 0 aliphatic rings. The summed E-state index contributed by atoms with van der Waals surface area (Å²) >= 11 is 0. The summed E-state index contributed by atoms with van der Waals surface area (Å²) in [6, 6.07) is 12.8. The zero-order valence-corrected chi connectivity index (χ0v) is 10.7. The number of hydrogen-bond donors (Lipinski definition) is 1. The maximum Gasteiger partial charge on any atom is 0.117 e. The van der Waals surface area contributed by atoms with Gasteiger partial charge in [0.2, 0.25) is 0 Å². The Hall–Kier alpha value is -1.54. The van der Waals surface area contributed by atoms with Gasteiger partial charge in [-0.2, -0.15) is 0 Å². The largest absolute Gasteiger partial charge is 0.465 e. The minimum absolute atomic E-state index is 0.335. The molecule has 2 aromatic rings. The van der Waals surface area contributed by atoms with Crippen LogP contribution < -0.4 is 5.32 Å². The predicted molar refractivity (Wildman–Crippen MR) is 69.9 cm³/mol. The highest BCUT2D eigenvalue weighted by Gasteiger charge is 2.08. The van der Waals surface area contributed by atoms with Gasteiger partial charge >= 0.3 is 0 Å². The molecule has 1 heterocycles. The normalized spacial score (nSPS) is 12.6. The van der Waals surface area contributed by atoms with Crippen molar-refractivity contribution in [2.75, 3.05) is 0 Å². The molecule has 0 radical (unpaired) electrons. The van der Waals surface area contributed by atoms with Crippen molar-refractivity contribution in [2.24, 2.45) is 0 Å². The van der Waals surface area contributed by atoms with E-state index in [1.54, 1.807) is 0 Å². The van der Waals surface area contributed by atoms with E-state index in [0.717, 1.165) is 18.1 Å². The van der Waals surface area contributed by atoms with E-state index in [1.165, 1.54) is 11.1 Å². The second kappa shape index (κ2) is 5.19. The summed E-state index contributed by atoms with van der Waals surface area (Å²) in [7, 11) is 0. The van der Waals surface area contributed by atoms with Crippen LogP contribution in [0.3, 0.4) is 0 Å². The minimum atomic E-state index is 0.335. The molecule has 0 fully saturated rings. The first-order valence-corrected chi connectivity index (χ1v) is 6.01. The third-order valence-corrected chi connectivity index (χ3v) is 3.03. The molecule has 2 nitrogen and oxygen atoms in total. The van der Waals surface area contributed by atoms with Crippen LogP contribution in [-0.4, -0.2) is 0 Å². The van der Waals surface area contributed by atoms with E-state index in [4.69, 9.17) is 4.42 Å². The highest BCUT2D eigenvalue weighted by molar-refractivity contribution is 5.28. The van der Waals surface area contributed by atoms with E-state index in [0.29, 0.717) is 6.04 Å². The highest BCUT2D eigenvalue weighted by Crippen LogP contribution is 2.17. The van der Waals surface area contributed by atoms with Gasteiger partial charge in [-0.3, -0.25) is 0 Å². The molecule has 90 valence electrons. The van der Waals surface area contributed by atoms with Gasteiger partial charge in [0.25, 0.3) is 0 Å². The molecule has 2 rings (SSSR count). The molecule has 0 saturated carbocycles. The third kappa shape index (κ3) is 2.98. The molecule has 0 aliphatic carbocycles. The first kappa shape index (κ1) is 11.9. The maximum absolute atomic E-state index is 5.54. The van der Waals surface area contributed by atoms with Crippen LogP contribution in [-0.2, 0) is 6.54 Å². The van der Waals surface area contributed by atoms with Crippen molar-refractivity contribution in [1.29, 1.82) is 0 Å².